The molecule has 1 N–H and O–H groups in total. The summed E-state index contributed by atoms with van der Waals surface area (Å²) in [6, 6.07) is 3.50. The van der Waals surface area contributed by atoms with Crippen molar-refractivity contribution in [3.8, 4) is 0 Å². The third-order valence-corrected chi connectivity index (χ3v) is 5.14. The molecular formula is C15H23F2NO2S. The van der Waals surface area contributed by atoms with Crippen molar-refractivity contribution in [2.75, 3.05) is 18.1 Å². The van der Waals surface area contributed by atoms with Gasteiger partial charge in [0.15, 0.2) is 0 Å². The number of rotatable bonds is 9. The van der Waals surface area contributed by atoms with Crippen molar-refractivity contribution in [1.82, 2.24) is 5.32 Å². The minimum absolute atomic E-state index is 0.0169. The molecule has 1 atom stereocenters. The van der Waals surface area contributed by atoms with Crippen molar-refractivity contribution in [2.24, 2.45) is 0 Å². The SMILES string of the molecule is CCNC(CCCS(=O)(=O)CC)Cc1cc(F)cc(F)c1. The van der Waals surface area contributed by atoms with E-state index in [9.17, 15) is 17.2 Å². The molecule has 0 aromatic heterocycles. The van der Waals surface area contributed by atoms with Crippen LogP contribution in [0.15, 0.2) is 18.2 Å². The Kier molecular flexibility index (Phi) is 7.25. The Balaban J connectivity index is 2.60. The molecule has 0 aliphatic rings. The van der Waals surface area contributed by atoms with Crippen LogP contribution in [0.3, 0.4) is 0 Å². The second-order valence-electron chi connectivity index (χ2n) is 5.12. The molecular weight excluding hydrogens is 296 g/mol. The summed E-state index contributed by atoms with van der Waals surface area (Å²) in [4.78, 5) is 0. The molecule has 0 amide bonds. The van der Waals surface area contributed by atoms with Gasteiger partial charge < -0.3 is 5.32 Å². The van der Waals surface area contributed by atoms with E-state index < -0.39 is 21.5 Å². The molecule has 0 fully saturated rings. The third-order valence-electron chi connectivity index (χ3n) is 3.34. The maximum Gasteiger partial charge on any atom is 0.150 e. The van der Waals surface area contributed by atoms with Gasteiger partial charge in [-0.2, -0.15) is 0 Å². The maximum atomic E-state index is 13.2. The molecule has 120 valence electrons. The molecule has 0 spiro atoms. The van der Waals surface area contributed by atoms with Crippen LogP contribution >= 0.6 is 0 Å². The fraction of sp³-hybridized carbons (Fsp3) is 0.600. The average molecular weight is 319 g/mol. The van der Waals surface area contributed by atoms with Gasteiger partial charge in [-0.1, -0.05) is 13.8 Å². The molecule has 21 heavy (non-hydrogen) atoms. The van der Waals surface area contributed by atoms with Crippen molar-refractivity contribution < 1.29 is 17.2 Å². The Hall–Kier alpha value is -1.01. The molecule has 0 bridgehead atoms. The second kappa shape index (κ2) is 8.44. The van der Waals surface area contributed by atoms with Gasteiger partial charge in [0.25, 0.3) is 0 Å². The van der Waals surface area contributed by atoms with Gasteiger partial charge >= 0.3 is 0 Å². The van der Waals surface area contributed by atoms with Crippen molar-refractivity contribution in [3.63, 3.8) is 0 Å². The Morgan fingerprint density at radius 1 is 1.14 bits per heavy atom. The Labute approximate surface area is 125 Å². The van der Waals surface area contributed by atoms with Gasteiger partial charge in [-0.05, 0) is 43.5 Å². The van der Waals surface area contributed by atoms with Crippen molar-refractivity contribution >= 4 is 9.84 Å². The average Bonchev–Trinajstić information content (AvgIpc) is 2.37. The Morgan fingerprint density at radius 3 is 2.29 bits per heavy atom. The predicted octanol–water partition coefficient (Wildman–Crippen LogP) is 2.70. The highest BCUT2D eigenvalue weighted by molar-refractivity contribution is 7.91. The summed E-state index contributed by atoms with van der Waals surface area (Å²) in [6.45, 7) is 4.30. The van der Waals surface area contributed by atoms with E-state index in [0.717, 1.165) is 12.6 Å². The van der Waals surface area contributed by atoms with Crippen LogP contribution in [0, 0.1) is 11.6 Å². The molecule has 0 aliphatic heterocycles. The molecule has 0 heterocycles. The molecule has 0 radical (unpaired) electrons. The molecule has 3 nitrogen and oxygen atoms in total. The first-order valence-corrected chi connectivity index (χ1v) is 9.07. The molecule has 1 aromatic carbocycles. The summed E-state index contributed by atoms with van der Waals surface area (Å²) < 4.78 is 49.3. The quantitative estimate of drug-likeness (QED) is 0.761. The van der Waals surface area contributed by atoms with Crippen LogP contribution in [-0.2, 0) is 16.3 Å². The second-order valence-corrected chi connectivity index (χ2v) is 7.59. The van der Waals surface area contributed by atoms with E-state index in [4.69, 9.17) is 0 Å². The summed E-state index contributed by atoms with van der Waals surface area (Å²) >= 11 is 0. The van der Waals surface area contributed by atoms with Gasteiger partial charge in [-0.15, -0.1) is 0 Å². The zero-order valence-electron chi connectivity index (χ0n) is 12.5. The lowest BCUT2D eigenvalue weighted by molar-refractivity contribution is 0.481. The number of likely N-dealkylation sites (N-methyl/N-ethyl adjacent to an activating group) is 1. The molecule has 0 saturated heterocycles. The summed E-state index contributed by atoms with van der Waals surface area (Å²) in [5, 5.41) is 3.23. The number of halogens is 2. The molecule has 0 aliphatic carbocycles. The first-order valence-electron chi connectivity index (χ1n) is 7.25. The standard InChI is InChI=1S/C15H23F2NO2S/c1-3-18-15(6-5-7-21(19,20)4-2)10-12-8-13(16)11-14(17)9-12/h8-9,11,15,18H,3-7,10H2,1-2H3. The Bertz CT molecular complexity index is 526. The first kappa shape index (κ1) is 18.0. The molecule has 6 heteroatoms. The topological polar surface area (TPSA) is 46.2 Å². The lowest BCUT2D eigenvalue weighted by Crippen LogP contribution is -2.31. The number of nitrogens with one attached hydrogen (secondary N) is 1. The van der Waals surface area contributed by atoms with E-state index in [1.807, 2.05) is 6.92 Å². The van der Waals surface area contributed by atoms with Crippen LogP contribution < -0.4 is 5.32 Å². The van der Waals surface area contributed by atoms with Crippen molar-refractivity contribution in [3.05, 3.63) is 35.4 Å². The summed E-state index contributed by atoms with van der Waals surface area (Å²) in [6.07, 6.45) is 1.69. The van der Waals surface area contributed by atoms with E-state index in [1.165, 1.54) is 12.1 Å². The minimum Gasteiger partial charge on any atom is -0.314 e. The number of benzene rings is 1. The monoisotopic (exact) mass is 319 g/mol. The largest absolute Gasteiger partial charge is 0.314 e. The lowest BCUT2D eigenvalue weighted by atomic mass is 10.0. The summed E-state index contributed by atoms with van der Waals surface area (Å²) in [5.41, 5.74) is 0.580. The maximum absolute atomic E-state index is 13.2. The van der Waals surface area contributed by atoms with Gasteiger partial charge in [0.05, 0.1) is 5.75 Å². The highest BCUT2D eigenvalue weighted by Gasteiger charge is 2.13. The first-order chi connectivity index (χ1) is 9.86. The minimum atomic E-state index is -2.96. The molecule has 1 aromatic rings. The van der Waals surface area contributed by atoms with Gasteiger partial charge in [0, 0.05) is 17.9 Å². The van der Waals surface area contributed by atoms with Crippen LogP contribution in [-0.4, -0.2) is 32.5 Å². The zero-order chi connectivity index (χ0) is 15.9. The van der Waals surface area contributed by atoms with Crippen molar-refractivity contribution in [1.29, 1.82) is 0 Å². The van der Waals surface area contributed by atoms with Gasteiger partial charge in [-0.25, -0.2) is 17.2 Å². The van der Waals surface area contributed by atoms with E-state index >= 15 is 0 Å². The summed E-state index contributed by atoms with van der Waals surface area (Å²) in [5.74, 6) is -0.876. The van der Waals surface area contributed by atoms with E-state index in [2.05, 4.69) is 5.32 Å². The van der Waals surface area contributed by atoms with Crippen LogP contribution in [0.5, 0.6) is 0 Å². The van der Waals surface area contributed by atoms with E-state index in [1.54, 1.807) is 6.92 Å². The smallest absolute Gasteiger partial charge is 0.150 e. The van der Waals surface area contributed by atoms with Crippen LogP contribution in [0.2, 0.25) is 0 Å². The van der Waals surface area contributed by atoms with Crippen LogP contribution in [0.25, 0.3) is 0 Å². The lowest BCUT2D eigenvalue weighted by Gasteiger charge is -2.18. The molecule has 1 rings (SSSR count). The normalized spacial score (nSPS) is 13.3. The zero-order valence-corrected chi connectivity index (χ0v) is 13.3. The van der Waals surface area contributed by atoms with Crippen molar-refractivity contribution in [2.45, 2.75) is 39.2 Å². The number of hydrogen-bond donors (Lipinski definition) is 1. The summed E-state index contributed by atoms with van der Waals surface area (Å²) in [7, 11) is -2.96. The van der Waals surface area contributed by atoms with Crippen LogP contribution in [0.1, 0.15) is 32.3 Å². The number of sulfone groups is 1. The highest BCUT2D eigenvalue weighted by Crippen LogP contribution is 2.13. The van der Waals surface area contributed by atoms with Gasteiger partial charge in [-0.3, -0.25) is 0 Å². The van der Waals surface area contributed by atoms with Gasteiger partial charge in [0.2, 0.25) is 0 Å². The fourth-order valence-electron chi connectivity index (χ4n) is 2.27. The van der Waals surface area contributed by atoms with Gasteiger partial charge in [0.1, 0.15) is 21.5 Å². The molecule has 0 saturated carbocycles. The highest BCUT2D eigenvalue weighted by atomic mass is 32.2. The van der Waals surface area contributed by atoms with E-state index in [0.29, 0.717) is 24.8 Å². The van der Waals surface area contributed by atoms with E-state index in [-0.39, 0.29) is 17.5 Å². The number of hydrogen-bond acceptors (Lipinski definition) is 3. The predicted molar refractivity (Wildman–Crippen MR) is 81.1 cm³/mol. The molecule has 1 unspecified atom stereocenters. The Morgan fingerprint density at radius 2 is 1.76 bits per heavy atom. The fourth-order valence-corrected chi connectivity index (χ4v) is 3.17. The van der Waals surface area contributed by atoms with Crippen LogP contribution in [0.4, 0.5) is 8.78 Å². The third kappa shape index (κ3) is 7.00.